The monoisotopic (exact) mass is 250 g/mol. The predicted molar refractivity (Wildman–Crippen MR) is 77.6 cm³/mol. The van der Waals surface area contributed by atoms with E-state index in [1.165, 1.54) is 37.2 Å². The highest BCUT2D eigenvalue weighted by molar-refractivity contribution is 5.35. The van der Waals surface area contributed by atoms with E-state index in [9.17, 15) is 0 Å². The minimum atomic E-state index is 0.838. The Morgan fingerprint density at radius 3 is 2.44 bits per heavy atom. The number of aryl methyl sites for hydroxylation is 2. The average Bonchev–Trinajstić information content (AvgIpc) is 2.38. The van der Waals surface area contributed by atoms with Gasteiger partial charge < -0.3 is 9.64 Å². The number of quaternary nitrogens is 1. The Morgan fingerprint density at radius 2 is 1.78 bits per heavy atom. The van der Waals surface area contributed by atoms with Gasteiger partial charge in [0.25, 0.3) is 0 Å². The van der Waals surface area contributed by atoms with Gasteiger partial charge in [-0.1, -0.05) is 12.1 Å². The van der Waals surface area contributed by atoms with E-state index in [4.69, 9.17) is 4.74 Å². The fraction of sp³-hybridized carbons (Fsp3) is 0.625. The topological polar surface area (TPSA) is 13.7 Å². The molecule has 18 heavy (non-hydrogen) atoms. The van der Waals surface area contributed by atoms with Gasteiger partial charge in [-0.3, -0.25) is 0 Å². The van der Waals surface area contributed by atoms with E-state index in [1.54, 1.807) is 4.90 Å². The summed E-state index contributed by atoms with van der Waals surface area (Å²) < 4.78 is 5.86. The normalized spacial score (nSPS) is 10.9. The van der Waals surface area contributed by atoms with E-state index in [-0.39, 0.29) is 0 Å². The average molecular weight is 250 g/mol. The lowest BCUT2D eigenvalue weighted by molar-refractivity contribution is -0.896. The first kappa shape index (κ1) is 15.0. The van der Waals surface area contributed by atoms with Crippen molar-refractivity contribution in [2.45, 2.75) is 40.5 Å². The Morgan fingerprint density at radius 1 is 1.06 bits per heavy atom. The molecule has 0 aliphatic rings. The van der Waals surface area contributed by atoms with Crippen molar-refractivity contribution in [3.63, 3.8) is 0 Å². The Labute approximate surface area is 112 Å². The Hall–Kier alpha value is -1.02. The van der Waals surface area contributed by atoms with Crippen LogP contribution in [0.2, 0.25) is 0 Å². The Bertz CT molecular complexity index is 345. The van der Waals surface area contributed by atoms with Crippen molar-refractivity contribution < 1.29 is 9.64 Å². The molecule has 0 heterocycles. The van der Waals surface area contributed by atoms with Crippen molar-refractivity contribution >= 4 is 0 Å². The molecule has 2 heteroatoms. The summed E-state index contributed by atoms with van der Waals surface area (Å²) in [4.78, 5) is 1.68. The summed E-state index contributed by atoms with van der Waals surface area (Å²) in [5.74, 6) is 1.05. The largest absolute Gasteiger partial charge is 0.493 e. The summed E-state index contributed by atoms with van der Waals surface area (Å²) in [6.07, 6.45) is 2.40. The van der Waals surface area contributed by atoms with Gasteiger partial charge in [-0.2, -0.15) is 0 Å². The van der Waals surface area contributed by atoms with Crippen LogP contribution in [0.5, 0.6) is 5.75 Å². The van der Waals surface area contributed by atoms with Gasteiger partial charge in [0.1, 0.15) is 5.75 Å². The maximum absolute atomic E-state index is 5.86. The molecule has 1 rings (SSSR count). The van der Waals surface area contributed by atoms with E-state index >= 15 is 0 Å². The van der Waals surface area contributed by atoms with Gasteiger partial charge in [-0.05, 0) is 57.7 Å². The van der Waals surface area contributed by atoms with Crippen LogP contribution in [0.15, 0.2) is 18.2 Å². The smallest absolute Gasteiger partial charge is 0.122 e. The van der Waals surface area contributed by atoms with Gasteiger partial charge in [0.05, 0.1) is 26.2 Å². The van der Waals surface area contributed by atoms with Gasteiger partial charge in [-0.15, -0.1) is 0 Å². The third kappa shape index (κ3) is 5.09. The fourth-order valence-electron chi connectivity index (χ4n) is 2.13. The number of hydrogen-bond donors (Lipinski definition) is 1. The standard InChI is InChI=1S/C16H27NO/c1-5-17(6-2)11-7-8-12-18-16-13-14(3)9-10-15(16)4/h9-10,13H,5-8,11-12H2,1-4H3/p+1. The zero-order chi connectivity index (χ0) is 13.4. The van der Waals surface area contributed by atoms with E-state index in [1.807, 2.05) is 0 Å². The summed E-state index contributed by atoms with van der Waals surface area (Å²) in [5.41, 5.74) is 2.50. The molecule has 0 saturated carbocycles. The number of ether oxygens (including phenoxy) is 1. The maximum Gasteiger partial charge on any atom is 0.122 e. The van der Waals surface area contributed by atoms with Gasteiger partial charge in [0, 0.05) is 0 Å². The lowest BCUT2D eigenvalue weighted by Crippen LogP contribution is -3.11. The second-order valence-corrected chi connectivity index (χ2v) is 5.03. The van der Waals surface area contributed by atoms with Crippen LogP contribution in [-0.4, -0.2) is 26.2 Å². The Balaban J connectivity index is 2.23. The molecule has 0 aromatic heterocycles. The summed E-state index contributed by atoms with van der Waals surface area (Å²) in [7, 11) is 0. The molecule has 0 radical (unpaired) electrons. The van der Waals surface area contributed by atoms with Crippen LogP contribution in [0.1, 0.15) is 37.8 Å². The molecular weight excluding hydrogens is 222 g/mol. The van der Waals surface area contributed by atoms with Gasteiger partial charge in [0.2, 0.25) is 0 Å². The molecule has 0 spiro atoms. The van der Waals surface area contributed by atoms with E-state index in [0.717, 1.165) is 18.8 Å². The number of hydrogen-bond acceptors (Lipinski definition) is 1. The number of rotatable bonds is 8. The van der Waals surface area contributed by atoms with Crippen molar-refractivity contribution in [2.24, 2.45) is 0 Å². The lowest BCUT2D eigenvalue weighted by atomic mass is 10.1. The zero-order valence-corrected chi connectivity index (χ0v) is 12.4. The summed E-state index contributed by atoms with van der Waals surface area (Å²) in [6.45, 7) is 13.3. The van der Waals surface area contributed by atoms with Crippen LogP contribution in [0.4, 0.5) is 0 Å². The van der Waals surface area contributed by atoms with Crippen LogP contribution in [0.3, 0.4) is 0 Å². The molecule has 0 fully saturated rings. The number of benzene rings is 1. The third-order valence-electron chi connectivity index (χ3n) is 3.53. The summed E-state index contributed by atoms with van der Waals surface area (Å²) >= 11 is 0. The van der Waals surface area contributed by atoms with Crippen molar-refractivity contribution in [1.82, 2.24) is 0 Å². The summed E-state index contributed by atoms with van der Waals surface area (Å²) in [5, 5.41) is 0. The van der Waals surface area contributed by atoms with E-state index in [0.29, 0.717) is 0 Å². The predicted octanol–water partition coefficient (Wildman–Crippen LogP) is 2.39. The zero-order valence-electron chi connectivity index (χ0n) is 12.4. The molecule has 0 bridgehead atoms. The van der Waals surface area contributed by atoms with Gasteiger partial charge in [0.15, 0.2) is 0 Å². The molecular formula is C16H28NO+. The first-order valence-electron chi connectivity index (χ1n) is 7.21. The first-order valence-corrected chi connectivity index (χ1v) is 7.21. The van der Waals surface area contributed by atoms with Crippen LogP contribution < -0.4 is 9.64 Å². The Kier molecular flexibility index (Phi) is 6.81. The maximum atomic E-state index is 5.86. The van der Waals surface area contributed by atoms with Crippen molar-refractivity contribution in [3.8, 4) is 5.75 Å². The molecule has 1 aromatic carbocycles. The highest BCUT2D eigenvalue weighted by Crippen LogP contribution is 2.19. The molecule has 0 aliphatic heterocycles. The lowest BCUT2D eigenvalue weighted by Gasteiger charge is -2.15. The number of nitrogens with one attached hydrogen (secondary N) is 1. The number of unbranched alkanes of at least 4 members (excludes halogenated alkanes) is 1. The molecule has 0 atom stereocenters. The van der Waals surface area contributed by atoms with Gasteiger partial charge in [-0.25, -0.2) is 0 Å². The van der Waals surface area contributed by atoms with E-state index < -0.39 is 0 Å². The SMILES string of the molecule is CC[NH+](CC)CCCCOc1cc(C)ccc1C. The molecule has 2 nitrogen and oxygen atoms in total. The van der Waals surface area contributed by atoms with Crippen LogP contribution in [-0.2, 0) is 0 Å². The fourth-order valence-corrected chi connectivity index (χ4v) is 2.13. The van der Waals surface area contributed by atoms with Gasteiger partial charge >= 0.3 is 0 Å². The quantitative estimate of drug-likeness (QED) is 0.699. The molecule has 0 saturated heterocycles. The van der Waals surface area contributed by atoms with E-state index in [2.05, 4.69) is 45.9 Å². The third-order valence-corrected chi connectivity index (χ3v) is 3.53. The first-order chi connectivity index (χ1) is 8.67. The highest BCUT2D eigenvalue weighted by atomic mass is 16.5. The molecule has 0 unspecified atom stereocenters. The van der Waals surface area contributed by atoms with Crippen molar-refractivity contribution in [2.75, 3.05) is 26.2 Å². The molecule has 1 N–H and O–H groups in total. The second-order valence-electron chi connectivity index (χ2n) is 5.03. The summed E-state index contributed by atoms with van der Waals surface area (Å²) in [6, 6.07) is 6.39. The molecule has 1 aromatic rings. The second kappa shape index (κ2) is 8.15. The van der Waals surface area contributed by atoms with Crippen molar-refractivity contribution in [3.05, 3.63) is 29.3 Å². The molecule has 0 amide bonds. The highest BCUT2D eigenvalue weighted by Gasteiger charge is 2.03. The minimum Gasteiger partial charge on any atom is -0.493 e. The van der Waals surface area contributed by atoms with Crippen LogP contribution in [0, 0.1) is 13.8 Å². The molecule has 0 aliphatic carbocycles. The van der Waals surface area contributed by atoms with Crippen LogP contribution in [0.25, 0.3) is 0 Å². The van der Waals surface area contributed by atoms with Crippen LogP contribution >= 0.6 is 0 Å². The molecule has 102 valence electrons. The minimum absolute atomic E-state index is 0.838. The van der Waals surface area contributed by atoms with Crippen molar-refractivity contribution in [1.29, 1.82) is 0 Å².